The molecule has 1 atom stereocenters. The van der Waals surface area contributed by atoms with E-state index < -0.39 is 0 Å². The van der Waals surface area contributed by atoms with Crippen LogP contribution in [0.2, 0.25) is 0 Å². The summed E-state index contributed by atoms with van der Waals surface area (Å²) in [5.74, 6) is 7.76. The molecule has 1 saturated heterocycles. The molecule has 0 aliphatic carbocycles. The Kier molecular flexibility index (Phi) is 4.52. The van der Waals surface area contributed by atoms with Crippen molar-refractivity contribution in [2.75, 3.05) is 36.6 Å². The lowest BCUT2D eigenvalue weighted by molar-refractivity contribution is 0.00332. The van der Waals surface area contributed by atoms with Gasteiger partial charge in [-0.2, -0.15) is 0 Å². The summed E-state index contributed by atoms with van der Waals surface area (Å²) in [5.41, 5.74) is 3.53. The molecule has 106 valence electrons. The molecule has 2 heterocycles. The highest BCUT2D eigenvalue weighted by molar-refractivity contribution is 5.58. The Balaban J connectivity index is 2.32. The van der Waals surface area contributed by atoms with E-state index in [0.717, 1.165) is 30.2 Å². The molecule has 0 spiro atoms. The molecule has 0 aromatic carbocycles. The fourth-order valence-electron chi connectivity index (χ4n) is 2.18. The van der Waals surface area contributed by atoms with Gasteiger partial charge in [0.15, 0.2) is 0 Å². The number of aliphatic hydroxyl groups excluding tert-OH is 1. The summed E-state index contributed by atoms with van der Waals surface area (Å²) in [6, 6.07) is 0. The van der Waals surface area contributed by atoms with Crippen LogP contribution in [0.5, 0.6) is 0 Å². The number of hydrogen-bond acceptors (Lipinski definition) is 7. The molecule has 1 aromatic rings. The maximum absolute atomic E-state index is 9.21. The number of rotatable bonds is 4. The van der Waals surface area contributed by atoms with Crippen LogP contribution in [0.1, 0.15) is 18.3 Å². The third kappa shape index (κ3) is 2.94. The number of nitrogens with one attached hydrogen (secondary N) is 1. The van der Waals surface area contributed by atoms with E-state index in [9.17, 15) is 5.11 Å². The largest absolute Gasteiger partial charge is 0.394 e. The number of nitrogens with zero attached hydrogens (tertiary/aromatic N) is 3. The molecule has 1 aliphatic rings. The molecule has 0 radical (unpaired) electrons. The van der Waals surface area contributed by atoms with E-state index in [2.05, 4.69) is 20.3 Å². The van der Waals surface area contributed by atoms with Crippen LogP contribution >= 0.6 is 0 Å². The zero-order valence-electron chi connectivity index (χ0n) is 11.4. The van der Waals surface area contributed by atoms with Gasteiger partial charge in [-0.15, -0.1) is 0 Å². The topological polar surface area (TPSA) is 96.5 Å². The SMILES string of the molecule is CCc1nc(NN)c(C)c(N2CCOC(CO)C2)n1. The van der Waals surface area contributed by atoms with Crippen LogP contribution < -0.4 is 16.2 Å². The van der Waals surface area contributed by atoms with Gasteiger partial charge in [-0.05, 0) is 6.92 Å². The molecule has 4 N–H and O–H groups in total. The van der Waals surface area contributed by atoms with Crippen molar-refractivity contribution in [3.63, 3.8) is 0 Å². The highest BCUT2D eigenvalue weighted by Gasteiger charge is 2.23. The molecular formula is C12H21N5O2. The van der Waals surface area contributed by atoms with Gasteiger partial charge < -0.3 is 20.2 Å². The maximum atomic E-state index is 9.21. The van der Waals surface area contributed by atoms with Crippen LogP contribution in [-0.4, -0.2) is 47.5 Å². The molecule has 1 aliphatic heterocycles. The van der Waals surface area contributed by atoms with Crippen molar-refractivity contribution in [1.29, 1.82) is 0 Å². The fourth-order valence-corrected chi connectivity index (χ4v) is 2.18. The van der Waals surface area contributed by atoms with Crippen molar-refractivity contribution < 1.29 is 9.84 Å². The van der Waals surface area contributed by atoms with E-state index >= 15 is 0 Å². The predicted octanol–water partition coefficient (Wildman–Crippen LogP) is -0.169. The summed E-state index contributed by atoms with van der Waals surface area (Å²) in [6.45, 7) is 5.92. The summed E-state index contributed by atoms with van der Waals surface area (Å²) in [6.07, 6.45) is 0.581. The molecule has 0 saturated carbocycles. The van der Waals surface area contributed by atoms with Crippen molar-refractivity contribution in [3.8, 4) is 0 Å². The van der Waals surface area contributed by atoms with Gasteiger partial charge in [0.25, 0.3) is 0 Å². The van der Waals surface area contributed by atoms with Gasteiger partial charge in [-0.1, -0.05) is 6.92 Å². The lowest BCUT2D eigenvalue weighted by Gasteiger charge is -2.34. The number of aliphatic hydroxyl groups is 1. The van der Waals surface area contributed by atoms with Crippen molar-refractivity contribution in [3.05, 3.63) is 11.4 Å². The fraction of sp³-hybridized carbons (Fsp3) is 0.667. The lowest BCUT2D eigenvalue weighted by atomic mass is 10.2. The Morgan fingerprint density at radius 1 is 1.53 bits per heavy atom. The summed E-state index contributed by atoms with van der Waals surface area (Å²) < 4.78 is 5.46. The average molecular weight is 267 g/mol. The van der Waals surface area contributed by atoms with Crippen LogP contribution in [-0.2, 0) is 11.2 Å². The van der Waals surface area contributed by atoms with Crippen LogP contribution in [0.4, 0.5) is 11.6 Å². The predicted molar refractivity (Wildman–Crippen MR) is 73.0 cm³/mol. The van der Waals surface area contributed by atoms with Gasteiger partial charge in [0, 0.05) is 25.1 Å². The van der Waals surface area contributed by atoms with Gasteiger partial charge >= 0.3 is 0 Å². The number of hydrogen-bond donors (Lipinski definition) is 3. The standard InChI is InChI=1S/C12H21N5O2/c1-3-10-14-11(16-13)8(2)12(15-10)17-4-5-19-9(6-17)7-18/h9,18H,3-7,13H2,1-2H3,(H,14,15,16). The first-order chi connectivity index (χ1) is 9.19. The minimum atomic E-state index is -0.164. The second kappa shape index (κ2) is 6.14. The quantitative estimate of drug-likeness (QED) is 0.515. The summed E-state index contributed by atoms with van der Waals surface area (Å²) in [5, 5.41) is 9.21. The third-order valence-corrected chi connectivity index (χ3v) is 3.26. The minimum Gasteiger partial charge on any atom is -0.394 e. The molecular weight excluding hydrogens is 246 g/mol. The molecule has 1 fully saturated rings. The number of nitrogens with two attached hydrogens (primary N) is 1. The van der Waals surface area contributed by atoms with Gasteiger partial charge in [0.05, 0.1) is 19.3 Å². The van der Waals surface area contributed by atoms with Crippen LogP contribution in [0, 0.1) is 6.92 Å². The Hall–Kier alpha value is -1.44. The Morgan fingerprint density at radius 2 is 2.32 bits per heavy atom. The summed E-state index contributed by atoms with van der Waals surface area (Å²) in [7, 11) is 0. The first kappa shape index (κ1) is 14.0. The highest BCUT2D eigenvalue weighted by Crippen LogP contribution is 2.24. The number of morpholine rings is 1. The number of nitrogen functional groups attached to an aromatic ring is 1. The average Bonchev–Trinajstić information content (AvgIpc) is 2.47. The molecule has 0 bridgehead atoms. The van der Waals surface area contributed by atoms with E-state index in [-0.39, 0.29) is 12.7 Å². The second-order valence-corrected chi connectivity index (χ2v) is 4.56. The van der Waals surface area contributed by atoms with Crippen LogP contribution in [0.15, 0.2) is 0 Å². The van der Waals surface area contributed by atoms with Gasteiger partial charge in [-0.3, -0.25) is 0 Å². The van der Waals surface area contributed by atoms with Crippen molar-refractivity contribution in [2.24, 2.45) is 5.84 Å². The second-order valence-electron chi connectivity index (χ2n) is 4.56. The smallest absolute Gasteiger partial charge is 0.148 e. The Morgan fingerprint density at radius 3 is 2.95 bits per heavy atom. The van der Waals surface area contributed by atoms with E-state index in [4.69, 9.17) is 10.6 Å². The zero-order chi connectivity index (χ0) is 13.8. The Labute approximate surface area is 112 Å². The molecule has 0 amide bonds. The lowest BCUT2D eigenvalue weighted by Crippen LogP contribution is -2.45. The number of aromatic nitrogens is 2. The van der Waals surface area contributed by atoms with E-state index in [0.29, 0.717) is 19.0 Å². The van der Waals surface area contributed by atoms with Crippen molar-refractivity contribution >= 4 is 11.6 Å². The Bertz CT molecular complexity index is 440. The van der Waals surface area contributed by atoms with Crippen molar-refractivity contribution in [2.45, 2.75) is 26.4 Å². The monoisotopic (exact) mass is 267 g/mol. The first-order valence-corrected chi connectivity index (χ1v) is 6.51. The van der Waals surface area contributed by atoms with E-state index in [1.807, 2.05) is 13.8 Å². The van der Waals surface area contributed by atoms with Gasteiger partial charge in [-0.25, -0.2) is 15.8 Å². The van der Waals surface area contributed by atoms with Gasteiger partial charge in [0.1, 0.15) is 17.5 Å². The first-order valence-electron chi connectivity index (χ1n) is 6.51. The summed E-state index contributed by atoms with van der Waals surface area (Å²) >= 11 is 0. The molecule has 1 aromatic heterocycles. The van der Waals surface area contributed by atoms with Crippen LogP contribution in [0.3, 0.4) is 0 Å². The number of aryl methyl sites for hydroxylation is 1. The number of anilines is 2. The molecule has 2 rings (SSSR count). The molecule has 7 heteroatoms. The zero-order valence-corrected chi connectivity index (χ0v) is 11.4. The highest BCUT2D eigenvalue weighted by atomic mass is 16.5. The van der Waals surface area contributed by atoms with Gasteiger partial charge in [0.2, 0.25) is 0 Å². The molecule has 19 heavy (non-hydrogen) atoms. The maximum Gasteiger partial charge on any atom is 0.148 e. The normalized spacial score (nSPS) is 19.6. The van der Waals surface area contributed by atoms with Crippen molar-refractivity contribution in [1.82, 2.24) is 9.97 Å². The molecule has 7 nitrogen and oxygen atoms in total. The van der Waals surface area contributed by atoms with E-state index in [1.54, 1.807) is 0 Å². The molecule has 1 unspecified atom stereocenters. The third-order valence-electron chi connectivity index (χ3n) is 3.26. The number of hydrazine groups is 1. The van der Waals surface area contributed by atoms with E-state index in [1.165, 1.54) is 0 Å². The number of ether oxygens (including phenoxy) is 1. The van der Waals surface area contributed by atoms with Crippen LogP contribution in [0.25, 0.3) is 0 Å². The summed E-state index contributed by atoms with van der Waals surface area (Å²) in [4.78, 5) is 11.0. The minimum absolute atomic E-state index is 0.0171.